The summed E-state index contributed by atoms with van der Waals surface area (Å²) in [6, 6.07) is 9.34. The molecule has 4 heteroatoms. The molecule has 0 radical (unpaired) electrons. The van der Waals surface area contributed by atoms with Crippen molar-refractivity contribution < 1.29 is 0 Å². The SMILES string of the molecule is CCC1CN(c2ncnc3ccccc23)C(CC)CN1. The van der Waals surface area contributed by atoms with E-state index in [0.29, 0.717) is 12.1 Å². The number of rotatable bonds is 3. The molecule has 1 N–H and O–H groups in total. The van der Waals surface area contributed by atoms with Crippen LogP contribution in [0.25, 0.3) is 10.9 Å². The van der Waals surface area contributed by atoms with Crippen LogP contribution in [0.5, 0.6) is 0 Å². The smallest absolute Gasteiger partial charge is 0.140 e. The van der Waals surface area contributed by atoms with Gasteiger partial charge in [0.25, 0.3) is 0 Å². The van der Waals surface area contributed by atoms with Crippen LogP contribution in [0.1, 0.15) is 26.7 Å². The van der Waals surface area contributed by atoms with E-state index in [1.54, 1.807) is 6.33 Å². The first kappa shape index (κ1) is 13.3. The number of nitrogens with zero attached hydrogens (tertiary/aromatic N) is 3. The molecule has 2 atom stereocenters. The lowest BCUT2D eigenvalue weighted by Gasteiger charge is -2.41. The highest BCUT2D eigenvalue weighted by Crippen LogP contribution is 2.26. The zero-order chi connectivity index (χ0) is 13.9. The molecule has 1 aliphatic rings. The van der Waals surface area contributed by atoms with E-state index in [-0.39, 0.29) is 0 Å². The second-order valence-electron chi connectivity index (χ2n) is 5.44. The Morgan fingerprint density at radius 2 is 2.05 bits per heavy atom. The van der Waals surface area contributed by atoms with Crippen molar-refractivity contribution in [3.8, 4) is 0 Å². The Morgan fingerprint density at radius 1 is 1.20 bits per heavy atom. The number of hydrogen-bond donors (Lipinski definition) is 1. The predicted molar refractivity (Wildman–Crippen MR) is 83.0 cm³/mol. The van der Waals surface area contributed by atoms with Crippen molar-refractivity contribution in [1.82, 2.24) is 15.3 Å². The molecule has 2 heterocycles. The van der Waals surface area contributed by atoms with Crippen molar-refractivity contribution in [3.05, 3.63) is 30.6 Å². The fourth-order valence-electron chi connectivity index (χ4n) is 2.98. The van der Waals surface area contributed by atoms with Gasteiger partial charge in [0, 0.05) is 30.6 Å². The molecule has 0 amide bonds. The van der Waals surface area contributed by atoms with Crippen LogP contribution in [0.2, 0.25) is 0 Å². The number of anilines is 1. The Hall–Kier alpha value is -1.68. The topological polar surface area (TPSA) is 41.1 Å². The normalized spacial score (nSPS) is 23.2. The first-order valence-corrected chi connectivity index (χ1v) is 7.53. The second-order valence-corrected chi connectivity index (χ2v) is 5.44. The van der Waals surface area contributed by atoms with Crippen LogP contribution >= 0.6 is 0 Å². The zero-order valence-electron chi connectivity index (χ0n) is 12.2. The van der Waals surface area contributed by atoms with Crippen LogP contribution in [0.15, 0.2) is 30.6 Å². The molecule has 1 aliphatic heterocycles. The standard InChI is InChI=1S/C16H22N4/c1-3-12-10-20(13(4-2)9-17-12)16-14-7-5-6-8-15(14)18-11-19-16/h5-8,11-13,17H,3-4,9-10H2,1-2H3. The molecule has 2 aromatic rings. The van der Waals surface area contributed by atoms with E-state index in [4.69, 9.17) is 0 Å². The van der Waals surface area contributed by atoms with Gasteiger partial charge in [0.15, 0.2) is 0 Å². The van der Waals surface area contributed by atoms with Crippen molar-refractivity contribution in [3.63, 3.8) is 0 Å². The van der Waals surface area contributed by atoms with Crippen LogP contribution in [0.4, 0.5) is 5.82 Å². The molecule has 1 fully saturated rings. The molecule has 3 rings (SSSR count). The van der Waals surface area contributed by atoms with Crippen LogP contribution in [0.3, 0.4) is 0 Å². The van der Waals surface area contributed by atoms with Gasteiger partial charge in [-0.3, -0.25) is 0 Å². The fraction of sp³-hybridized carbons (Fsp3) is 0.500. The van der Waals surface area contributed by atoms with Gasteiger partial charge in [-0.1, -0.05) is 26.0 Å². The molecule has 20 heavy (non-hydrogen) atoms. The molecule has 2 unspecified atom stereocenters. The van der Waals surface area contributed by atoms with Gasteiger partial charge in [-0.2, -0.15) is 0 Å². The van der Waals surface area contributed by atoms with E-state index in [2.05, 4.69) is 52.2 Å². The van der Waals surface area contributed by atoms with Gasteiger partial charge in [-0.05, 0) is 25.0 Å². The first-order chi connectivity index (χ1) is 9.83. The minimum Gasteiger partial charge on any atom is -0.350 e. The highest BCUT2D eigenvalue weighted by Gasteiger charge is 2.27. The van der Waals surface area contributed by atoms with Crippen molar-refractivity contribution in [2.75, 3.05) is 18.0 Å². The van der Waals surface area contributed by atoms with Crippen molar-refractivity contribution in [2.24, 2.45) is 0 Å². The largest absolute Gasteiger partial charge is 0.350 e. The van der Waals surface area contributed by atoms with E-state index in [9.17, 15) is 0 Å². The van der Waals surface area contributed by atoms with E-state index in [1.165, 1.54) is 0 Å². The lowest BCUT2D eigenvalue weighted by Crippen LogP contribution is -2.56. The lowest BCUT2D eigenvalue weighted by atomic mass is 10.0. The van der Waals surface area contributed by atoms with Crippen LogP contribution in [-0.4, -0.2) is 35.1 Å². The third kappa shape index (κ3) is 2.36. The van der Waals surface area contributed by atoms with Gasteiger partial charge < -0.3 is 10.2 Å². The zero-order valence-corrected chi connectivity index (χ0v) is 12.2. The summed E-state index contributed by atoms with van der Waals surface area (Å²) in [5.41, 5.74) is 1.03. The van der Waals surface area contributed by atoms with Gasteiger partial charge in [0.2, 0.25) is 0 Å². The highest BCUT2D eigenvalue weighted by atomic mass is 15.3. The fourth-order valence-corrected chi connectivity index (χ4v) is 2.98. The molecule has 4 nitrogen and oxygen atoms in total. The van der Waals surface area contributed by atoms with Gasteiger partial charge in [0.1, 0.15) is 12.1 Å². The third-order valence-electron chi connectivity index (χ3n) is 4.26. The Balaban J connectivity index is 2.03. The molecule has 0 bridgehead atoms. The maximum absolute atomic E-state index is 4.58. The number of para-hydroxylation sites is 1. The summed E-state index contributed by atoms with van der Waals surface area (Å²) in [6.45, 7) is 6.54. The summed E-state index contributed by atoms with van der Waals surface area (Å²) in [7, 11) is 0. The third-order valence-corrected chi connectivity index (χ3v) is 4.26. The van der Waals surface area contributed by atoms with Crippen molar-refractivity contribution >= 4 is 16.7 Å². The van der Waals surface area contributed by atoms with Crippen LogP contribution in [-0.2, 0) is 0 Å². The number of nitrogens with one attached hydrogen (secondary N) is 1. The van der Waals surface area contributed by atoms with E-state index >= 15 is 0 Å². The first-order valence-electron chi connectivity index (χ1n) is 7.53. The summed E-state index contributed by atoms with van der Waals surface area (Å²) < 4.78 is 0. The summed E-state index contributed by atoms with van der Waals surface area (Å²) >= 11 is 0. The minimum absolute atomic E-state index is 0.510. The monoisotopic (exact) mass is 270 g/mol. The van der Waals surface area contributed by atoms with Crippen LogP contribution < -0.4 is 10.2 Å². The van der Waals surface area contributed by atoms with Gasteiger partial charge >= 0.3 is 0 Å². The lowest BCUT2D eigenvalue weighted by molar-refractivity contribution is 0.377. The molecule has 106 valence electrons. The highest BCUT2D eigenvalue weighted by molar-refractivity contribution is 5.89. The van der Waals surface area contributed by atoms with Gasteiger partial charge in [-0.15, -0.1) is 0 Å². The minimum atomic E-state index is 0.510. The Labute approximate surface area is 120 Å². The maximum Gasteiger partial charge on any atom is 0.140 e. The Morgan fingerprint density at radius 3 is 2.85 bits per heavy atom. The Kier molecular flexibility index (Phi) is 3.83. The number of hydrogen-bond acceptors (Lipinski definition) is 4. The maximum atomic E-state index is 4.58. The molecule has 0 saturated carbocycles. The van der Waals surface area contributed by atoms with Gasteiger partial charge in [0.05, 0.1) is 5.52 Å². The van der Waals surface area contributed by atoms with Crippen molar-refractivity contribution in [1.29, 1.82) is 0 Å². The number of aromatic nitrogens is 2. The van der Waals surface area contributed by atoms with Crippen LogP contribution in [0, 0.1) is 0 Å². The second kappa shape index (κ2) is 5.75. The van der Waals surface area contributed by atoms with Gasteiger partial charge in [-0.25, -0.2) is 9.97 Å². The molecule has 0 aliphatic carbocycles. The van der Waals surface area contributed by atoms with E-state index in [0.717, 1.165) is 42.7 Å². The number of fused-ring (bicyclic) bond motifs is 1. The summed E-state index contributed by atoms with van der Waals surface area (Å²) in [5.74, 6) is 1.09. The Bertz CT molecular complexity index is 578. The number of piperazine rings is 1. The van der Waals surface area contributed by atoms with E-state index in [1.807, 2.05) is 6.07 Å². The molecular weight excluding hydrogens is 248 g/mol. The molecular formula is C16H22N4. The molecule has 1 saturated heterocycles. The predicted octanol–water partition coefficient (Wildman–Crippen LogP) is 2.60. The molecule has 0 spiro atoms. The quantitative estimate of drug-likeness (QED) is 0.931. The molecule has 1 aromatic heterocycles. The van der Waals surface area contributed by atoms with Crippen molar-refractivity contribution in [2.45, 2.75) is 38.8 Å². The average Bonchev–Trinajstić information content (AvgIpc) is 2.53. The van der Waals surface area contributed by atoms with E-state index < -0.39 is 0 Å². The summed E-state index contributed by atoms with van der Waals surface area (Å²) in [5, 5.41) is 4.79. The summed E-state index contributed by atoms with van der Waals surface area (Å²) in [4.78, 5) is 11.4. The number of benzene rings is 1. The molecule has 1 aromatic carbocycles. The average molecular weight is 270 g/mol. The summed E-state index contributed by atoms with van der Waals surface area (Å²) in [6.07, 6.45) is 3.96.